The number of nitrogens with zero attached hydrogens (tertiary/aromatic N) is 4. The molecular formula is C25H23N5O2S. The molecule has 0 bridgehead atoms. The normalized spacial score (nSPS) is 11.4. The molecule has 0 atom stereocenters. The molecule has 0 fully saturated rings. The van der Waals surface area contributed by atoms with Crippen LogP contribution in [0.2, 0.25) is 0 Å². The minimum Gasteiger partial charge on any atom is -0.302 e. The van der Waals surface area contributed by atoms with E-state index in [2.05, 4.69) is 16.4 Å². The number of carbonyl (C=O) groups is 1. The lowest BCUT2D eigenvalue weighted by atomic mass is 10.1. The third kappa shape index (κ3) is 3.93. The number of aryl methyl sites for hydroxylation is 4. The number of rotatable bonds is 5. The van der Waals surface area contributed by atoms with Gasteiger partial charge in [0.05, 0.1) is 21.6 Å². The first-order valence-electron chi connectivity index (χ1n) is 10.7. The predicted octanol–water partition coefficient (Wildman–Crippen LogP) is 4.75. The van der Waals surface area contributed by atoms with Gasteiger partial charge in [0.15, 0.2) is 5.13 Å². The van der Waals surface area contributed by atoms with Gasteiger partial charge < -0.3 is 5.32 Å². The Balaban J connectivity index is 1.45. The number of carbonyl (C=O) groups excluding carboxylic acids is 1. The Morgan fingerprint density at radius 1 is 1.06 bits per heavy atom. The summed E-state index contributed by atoms with van der Waals surface area (Å²) in [7, 11) is 0. The van der Waals surface area contributed by atoms with Crippen molar-refractivity contribution in [3.05, 3.63) is 81.8 Å². The summed E-state index contributed by atoms with van der Waals surface area (Å²) in [6, 6.07) is 17.3. The van der Waals surface area contributed by atoms with E-state index >= 15 is 0 Å². The second-order valence-corrected chi connectivity index (χ2v) is 9.17. The van der Waals surface area contributed by atoms with Crippen LogP contribution in [-0.4, -0.2) is 25.2 Å². The first-order chi connectivity index (χ1) is 15.9. The highest BCUT2D eigenvalue weighted by Gasteiger charge is 2.18. The molecule has 8 heteroatoms. The van der Waals surface area contributed by atoms with Gasteiger partial charge in [0.1, 0.15) is 5.65 Å². The third-order valence-corrected chi connectivity index (χ3v) is 6.58. The van der Waals surface area contributed by atoms with Gasteiger partial charge in [0, 0.05) is 24.4 Å². The summed E-state index contributed by atoms with van der Waals surface area (Å²) in [5, 5.41) is 9.07. The zero-order valence-corrected chi connectivity index (χ0v) is 19.4. The minimum absolute atomic E-state index is 0.145. The molecule has 0 aliphatic carbocycles. The van der Waals surface area contributed by atoms with Crippen LogP contribution in [0.1, 0.15) is 23.2 Å². The van der Waals surface area contributed by atoms with Crippen molar-refractivity contribution in [3.63, 3.8) is 0 Å². The van der Waals surface area contributed by atoms with E-state index in [4.69, 9.17) is 5.10 Å². The molecule has 0 aliphatic rings. The fourth-order valence-electron chi connectivity index (χ4n) is 4.11. The van der Waals surface area contributed by atoms with Crippen LogP contribution in [0.4, 0.5) is 5.13 Å². The number of benzene rings is 2. The summed E-state index contributed by atoms with van der Waals surface area (Å²) in [5.41, 5.74) is 5.14. The molecule has 0 saturated carbocycles. The maximum atomic E-state index is 12.9. The summed E-state index contributed by atoms with van der Waals surface area (Å²) in [6.45, 7) is 6.12. The van der Waals surface area contributed by atoms with Gasteiger partial charge >= 0.3 is 0 Å². The quantitative estimate of drug-likeness (QED) is 0.413. The van der Waals surface area contributed by atoms with E-state index in [9.17, 15) is 9.59 Å². The van der Waals surface area contributed by atoms with Gasteiger partial charge in [0.25, 0.3) is 5.56 Å². The smallest absolute Gasteiger partial charge is 0.252 e. The average Bonchev–Trinajstić information content (AvgIpc) is 3.34. The van der Waals surface area contributed by atoms with Crippen LogP contribution in [0, 0.1) is 20.8 Å². The summed E-state index contributed by atoms with van der Waals surface area (Å²) in [5.74, 6) is -0.186. The summed E-state index contributed by atoms with van der Waals surface area (Å²) < 4.78 is 4.45. The lowest BCUT2D eigenvalue weighted by molar-refractivity contribution is -0.116. The molecular weight excluding hydrogens is 434 g/mol. The van der Waals surface area contributed by atoms with Gasteiger partial charge in [-0.3, -0.25) is 14.2 Å². The van der Waals surface area contributed by atoms with Crippen molar-refractivity contribution in [2.24, 2.45) is 0 Å². The van der Waals surface area contributed by atoms with Crippen molar-refractivity contribution in [2.75, 3.05) is 5.32 Å². The topological polar surface area (TPSA) is 81.8 Å². The number of hydrogen-bond acceptors (Lipinski definition) is 5. The van der Waals surface area contributed by atoms with E-state index in [1.54, 1.807) is 15.3 Å². The Morgan fingerprint density at radius 3 is 2.64 bits per heavy atom. The lowest BCUT2D eigenvalue weighted by Gasteiger charge is -2.12. The molecule has 3 aromatic heterocycles. The fraction of sp³-hybridized carbons (Fsp3) is 0.200. The van der Waals surface area contributed by atoms with Crippen LogP contribution in [0.5, 0.6) is 0 Å². The van der Waals surface area contributed by atoms with Crippen LogP contribution in [0.3, 0.4) is 0 Å². The Hall–Kier alpha value is -3.78. The van der Waals surface area contributed by atoms with Crippen LogP contribution in [-0.2, 0) is 11.3 Å². The Labute approximate surface area is 194 Å². The summed E-state index contributed by atoms with van der Waals surface area (Å²) in [4.78, 5) is 30.2. The largest absolute Gasteiger partial charge is 0.302 e. The summed E-state index contributed by atoms with van der Waals surface area (Å²) in [6.07, 6.45) is 0.145. The van der Waals surface area contributed by atoms with Crippen molar-refractivity contribution >= 4 is 43.6 Å². The van der Waals surface area contributed by atoms with Crippen molar-refractivity contribution in [1.29, 1.82) is 0 Å². The number of aromatic nitrogens is 4. The van der Waals surface area contributed by atoms with Gasteiger partial charge in [-0.2, -0.15) is 5.10 Å². The number of fused-ring (bicyclic) bond motifs is 2. The molecule has 1 N–H and O–H groups in total. The standard InChI is InChI=1S/C25H23N5O2S/c1-15-9-10-19-20(13-15)33-25(26-19)27-21(31)11-12-29-22(32)14-16(2)23-17(3)28-30(24(23)29)18-7-5-4-6-8-18/h4-10,13-14H,11-12H2,1-3H3,(H,26,27,31). The lowest BCUT2D eigenvalue weighted by Crippen LogP contribution is -2.25. The van der Waals surface area contributed by atoms with E-state index in [0.717, 1.165) is 38.1 Å². The Kier molecular flexibility index (Phi) is 5.30. The van der Waals surface area contributed by atoms with Crippen molar-refractivity contribution in [3.8, 4) is 5.69 Å². The number of thiazole rings is 1. The van der Waals surface area contributed by atoms with Crippen LogP contribution >= 0.6 is 11.3 Å². The van der Waals surface area contributed by atoms with Crippen molar-refractivity contribution in [1.82, 2.24) is 19.3 Å². The number of hydrogen-bond donors (Lipinski definition) is 1. The van der Waals surface area contributed by atoms with Gasteiger partial charge in [-0.1, -0.05) is 35.6 Å². The Bertz CT molecular complexity index is 1560. The Morgan fingerprint density at radius 2 is 1.85 bits per heavy atom. The molecule has 0 aliphatic heterocycles. The highest BCUT2D eigenvalue weighted by Crippen LogP contribution is 2.27. The molecule has 0 radical (unpaired) electrons. The van der Waals surface area contributed by atoms with E-state index in [1.807, 2.05) is 63.2 Å². The molecule has 33 heavy (non-hydrogen) atoms. The maximum Gasteiger partial charge on any atom is 0.252 e. The number of nitrogens with one attached hydrogen (secondary N) is 1. The second kappa shape index (κ2) is 8.29. The molecule has 0 unspecified atom stereocenters. The monoisotopic (exact) mass is 457 g/mol. The molecule has 3 heterocycles. The predicted molar refractivity (Wildman–Crippen MR) is 132 cm³/mol. The van der Waals surface area contributed by atoms with Gasteiger partial charge in [-0.15, -0.1) is 0 Å². The first-order valence-corrected chi connectivity index (χ1v) is 11.5. The van der Waals surface area contributed by atoms with Crippen molar-refractivity contribution in [2.45, 2.75) is 33.7 Å². The zero-order valence-electron chi connectivity index (χ0n) is 18.6. The fourth-order valence-corrected chi connectivity index (χ4v) is 5.09. The number of para-hydroxylation sites is 1. The van der Waals surface area contributed by atoms with Crippen LogP contribution in [0.15, 0.2) is 59.4 Å². The average molecular weight is 458 g/mol. The van der Waals surface area contributed by atoms with E-state index in [0.29, 0.717) is 10.8 Å². The minimum atomic E-state index is -0.186. The molecule has 5 aromatic rings. The van der Waals surface area contributed by atoms with Gasteiger partial charge in [0.2, 0.25) is 5.91 Å². The number of amides is 1. The van der Waals surface area contributed by atoms with Crippen LogP contribution in [0.25, 0.3) is 26.9 Å². The molecule has 166 valence electrons. The molecule has 0 spiro atoms. The van der Waals surface area contributed by atoms with Gasteiger partial charge in [-0.05, 0) is 56.2 Å². The summed E-state index contributed by atoms with van der Waals surface area (Å²) >= 11 is 1.45. The zero-order chi connectivity index (χ0) is 23.1. The first kappa shape index (κ1) is 21.1. The van der Waals surface area contributed by atoms with E-state index in [1.165, 1.54) is 11.3 Å². The number of pyridine rings is 1. The number of anilines is 1. The SMILES string of the molecule is Cc1ccc2nc(NC(=O)CCn3c(=O)cc(C)c4c(C)nn(-c5ccccc5)c43)sc2c1. The highest BCUT2D eigenvalue weighted by molar-refractivity contribution is 7.22. The van der Waals surface area contributed by atoms with Crippen LogP contribution < -0.4 is 10.9 Å². The van der Waals surface area contributed by atoms with Gasteiger partial charge in [-0.25, -0.2) is 9.67 Å². The van der Waals surface area contributed by atoms with E-state index in [-0.39, 0.29) is 24.4 Å². The molecule has 5 rings (SSSR count). The second-order valence-electron chi connectivity index (χ2n) is 8.14. The molecule has 2 aromatic carbocycles. The maximum absolute atomic E-state index is 12.9. The third-order valence-electron chi connectivity index (χ3n) is 5.65. The molecule has 1 amide bonds. The van der Waals surface area contributed by atoms with Crippen molar-refractivity contribution < 1.29 is 4.79 Å². The highest BCUT2D eigenvalue weighted by atomic mass is 32.1. The molecule has 0 saturated heterocycles. The molecule has 7 nitrogen and oxygen atoms in total. The van der Waals surface area contributed by atoms with E-state index < -0.39 is 0 Å².